The van der Waals surface area contributed by atoms with Crippen molar-refractivity contribution >= 4 is 12.2 Å². The largest absolute Gasteiger partial charge is 0.445 e. The van der Waals surface area contributed by atoms with Crippen LogP contribution < -0.4 is 10.6 Å². The molecule has 2 rings (SSSR count). The number of hydrogen-bond acceptors (Lipinski definition) is 4. The summed E-state index contributed by atoms with van der Waals surface area (Å²) in [6.07, 6.45) is 1.62. The molecule has 0 unspecified atom stereocenters. The van der Waals surface area contributed by atoms with E-state index in [2.05, 4.69) is 10.6 Å². The van der Waals surface area contributed by atoms with Gasteiger partial charge in [-0.3, -0.25) is 0 Å². The molecule has 0 heterocycles. The number of hydrogen-bond donors (Lipinski definition) is 2. The molecule has 0 radical (unpaired) electrons. The van der Waals surface area contributed by atoms with Gasteiger partial charge in [-0.25, -0.2) is 9.59 Å². The average molecular weight is 334 g/mol. The number of alkyl carbamates (subject to hydrolysis) is 2. The standard InChI is InChI=1S/C18H26N2O4/c1-18(2,3)24-17(22)20-15-11-7-10-14(15)19-16(21)23-12-13-8-5-4-6-9-13/h4-6,8-9,14-15H,7,10-12H2,1-3H3,(H,19,21)(H,20,22)/t14-,15+/m0/s1. The molecule has 1 aromatic rings. The first-order valence-corrected chi connectivity index (χ1v) is 8.30. The Bertz CT molecular complexity index is 554. The van der Waals surface area contributed by atoms with Crippen molar-refractivity contribution in [2.75, 3.05) is 0 Å². The Labute approximate surface area is 142 Å². The Morgan fingerprint density at radius 3 is 2.21 bits per heavy atom. The Morgan fingerprint density at radius 1 is 1.04 bits per heavy atom. The minimum absolute atomic E-state index is 0.135. The van der Waals surface area contributed by atoms with Crippen LogP contribution in [0.25, 0.3) is 0 Å². The van der Waals surface area contributed by atoms with E-state index in [4.69, 9.17) is 9.47 Å². The summed E-state index contributed by atoms with van der Waals surface area (Å²) in [6.45, 7) is 5.68. The lowest BCUT2D eigenvalue weighted by atomic mass is 10.2. The highest BCUT2D eigenvalue weighted by Crippen LogP contribution is 2.20. The van der Waals surface area contributed by atoms with Crippen LogP contribution in [0.3, 0.4) is 0 Å². The Morgan fingerprint density at radius 2 is 1.62 bits per heavy atom. The Hall–Kier alpha value is -2.24. The zero-order valence-corrected chi connectivity index (χ0v) is 14.5. The number of ether oxygens (including phenoxy) is 2. The summed E-state index contributed by atoms with van der Waals surface area (Å²) in [5.41, 5.74) is 0.391. The fourth-order valence-electron chi connectivity index (χ4n) is 2.68. The lowest BCUT2D eigenvalue weighted by molar-refractivity contribution is 0.0495. The smallest absolute Gasteiger partial charge is 0.407 e. The van der Waals surface area contributed by atoms with Crippen molar-refractivity contribution < 1.29 is 19.1 Å². The molecule has 24 heavy (non-hydrogen) atoms. The number of amides is 2. The highest BCUT2D eigenvalue weighted by Gasteiger charge is 2.31. The first-order chi connectivity index (χ1) is 11.3. The van der Waals surface area contributed by atoms with Crippen LogP contribution in [0.2, 0.25) is 0 Å². The minimum Gasteiger partial charge on any atom is -0.445 e. The summed E-state index contributed by atoms with van der Waals surface area (Å²) in [4.78, 5) is 23.8. The maximum absolute atomic E-state index is 12.0. The molecule has 1 aliphatic rings. The van der Waals surface area contributed by atoms with Gasteiger partial charge in [-0.1, -0.05) is 30.3 Å². The van der Waals surface area contributed by atoms with Gasteiger partial charge in [0.1, 0.15) is 12.2 Å². The van der Waals surface area contributed by atoms with Gasteiger partial charge in [-0.05, 0) is 45.6 Å². The molecular formula is C18H26N2O4. The molecule has 0 bridgehead atoms. The normalized spacial score (nSPS) is 20.3. The molecule has 0 aromatic heterocycles. The molecule has 2 atom stereocenters. The molecular weight excluding hydrogens is 308 g/mol. The summed E-state index contributed by atoms with van der Waals surface area (Å²) in [7, 11) is 0. The topological polar surface area (TPSA) is 76.7 Å². The second-order valence-corrected chi connectivity index (χ2v) is 7.00. The van der Waals surface area contributed by atoms with E-state index < -0.39 is 17.8 Å². The second-order valence-electron chi connectivity index (χ2n) is 7.00. The number of benzene rings is 1. The molecule has 6 heteroatoms. The first kappa shape index (κ1) is 18.1. The highest BCUT2D eigenvalue weighted by molar-refractivity contribution is 5.70. The third-order valence-electron chi connectivity index (χ3n) is 3.73. The molecule has 1 saturated carbocycles. The molecule has 132 valence electrons. The van der Waals surface area contributed by atoms with E-state index in [1.54, 1.807) is 0 Å². The quantitative estimate of drug-likeness (QED) is 0.885. The minimum atomic E-state index is -0.541. The first-order valence-electron chi connectivity index (χ1n) is 8.30. The van der Waals surface area contributed by atoms with E-state index in [9.17, 15) is 9.59 Å². The van der Waals surface area contributed by atoms with Gasteiger partial charge in [0.2, 0.25) is 0 Å². The van der Waals surface area contributed by atoms with Crippen LogP contribution in [0, 0.1) is 0 Å². The summed E-state index contributed by atoms with van der Waals surface area (Å²) < 4.78 is 10.5. The molecule has 1 fully saturated rings. The maximum atomic E-state index is 12.0. The van der Waals surface area contributed by atoms with Gasteiger partial charge >= 0.3 is 12.2 Å². The fraction of sp³-hybridized carbons (Fsp3) is 0.556. The van der Waals surface area contributed by atoms with E-state index in [1.165, 1.54) is 0 Å². The third-order valence-corrected chi connectivity index (χ3v) is 3.73. The van der Waals surface area contributed by atoms with E-state index >= 15 is 0 Å². The third kappa shape index (κ3) is 6.10. The summed E-state index contributed by atoms with van der Waals surface area (Å²) in [6, 6.07) is 9.23. The van der Waals surface area contributed by atoms with Gasteiger partial charge in [0.05, 0.1) is 12.1 Å². The molecule has 2 N–H and O–H groups in total. The SMILES string of the molecule is CC(C)(C)OC(=O)N[C@@H]1CCC[C@@H]1NC(=O)OCc1ccccc1. The molecule has 2 amide bonds. The zero-order chi connectivity index (χ0) is 17.6. The van der Waals surface area contributed by atoms with Crippen LogP contribution in [0.4, 0.5) is 9.59 Å². The van der Waals surface area contributed by atoms with Gasteiger partial charge in [-0.2, -0.15) is 0 Å². The van der Waals surface area contributed by atoms with Crippen LogP contribution in [-0.4, -0.2) is 29.9 Å². The lowest BCUT2D eigenvalue weighted by Gasteiger charge is -2.25. The second kappa shape index (κ2) is 8.04. The molecule has 1 aliphatic carbocycles. The predicted octanol–water partition coefficient (Wildman–Crippen LogP) is 3.36. The van der Waals surface area contributed by atoms with E-state index in [-0.39, 0.29) is 18.7 Å². The molecule has 0 aliphatic heterocycles. The lowest BCUT2D eigenvalue weighted by Crippen LogP contribution is -2.49. The van der Waals surface area contributed by atoms with Crippen LogP contribution in [0.5, 0.6) is 0 Å². The summed E-state index contributed by atoms with van der Waals surface area (Å²) in [5.74, 6) is 0. The summed E-state index contributed by atoms with van der Waals surface area (Å²) in [5, 5.41) is 5.67. The average Bonchev–Trinajstić information content (AvgIpc) is 2.91. The van der Waals surface area contributed by atoms with Crippen molar-refractivity contribution in [1.82, 2.24) is 10.6 Å². The van der Waals surface area contributed by atoms with E-state index in [0.717, 1.165) is 24.8 Å². The van der Waals surface area contributed by atoms with Gasteiger partial charge in [-0.15, -0.1) is 0 Å². The Kier molecular flexibility index (Phi) is 6.06. The Balaban J connectivity index is 1.78. The van der Waals surface area contributed by atoms with Crippen LogP contribution >= 0.6 is 0 Å². The van der Waals surface area contributed by atoms with Crippen molar-refractivity contribution in [2.24, 2.45) is 0 Å². The zero-order valence-electron chi connectivity index (χ0n) is 14.5. The highest BCUT2D eigenvalue weighted by atomic mass is 16.6. The van der Waals surface area contributed by atoms with Gasteiger partial charge < -0.3 is 20.1 Å². The number of rotatable bonds is 4. The fourth-order valence-corrected chi connectivity index (χ4v) is 2.68. The molecule has 1 aromatic carbocycles. The maximum Gasteiger partial charge on any atom is 0.407 e. The van der Waals surface area contributed by atoms with E-state index in [1.807, 2.05) is 51.1 Å². The van der Waals surface area contributed by atoms with Crippen molar-refractivity contribution in [2.45, 2.75) is 64.3 Å². The molecule has 0 spiro atoms. The molecule has 0 saturated heterocycles. The van der Waals surface area contributed by atoms with Crippen molar-refractivity contribution in [3.8, 4) is 0 Å². The van der Waals surface area contributed by atoms with Crippen LogP contribution in [0.1, 0.15) is 45.6 Å². The summed E-state index contributed by atoms with van der Waals surface area (Å²) >= 11 is 0. The van der Waals surface area contributed by atoms with Crippen LogP contribution in [0.15, 0.2) is 30.3 Å². The van der Waals surface area contributed by atoms with Crippen LogP contribution in [-0.2, 0) is 16.1 Å². The van der Waals surface area contributed by atoms with Gasteiger partial charge in [0, 0.05) is 0 Å². The van der Waals surface area contributed by atoms with Crippen molar-refractivity contribution in [1.29, 1.82) is 0 Å². The number of carbonyl (C=O) groups is 2. The van der Waals surface area contributed by atoms with Crippen molar-refractivity contribution in [3.05, 3.63) is 35.9 Å². The predicted molar refractivity (Wildman–Crippen MR) is 90.6 cm³/mol. The monoisotopic (exact) mass is 334 g/mol. The van der Waals surface area contributed by atoms with Crippen molar-refractivity contribution in [3.63, 3.8) is 0 Å². The number of nitrogens with one attached hydrogen (secondary N) is 2. The number of carbonyl (C=O) groups excluding carboxylic acids is 2. The molecule has 6 nitrogen and oxygen atoms in total. The van der Waals surface area contributed by atoms with Gasteiger partial charge in [0.25, 0.3) is 0 Å². The van der Waals surface area contributed by atoms with Gasteiger partial charge in [0.15, 0.2) is 0 Å². The van der Waals surface area contributed by atoms with E-state index in [0.29, 0.717) is 0 Å².